The fraction of sp³-hybridized carbons (Fsp3) is 0.579. The fourth-order valence-electron chi connectivity index (χ4n) is 3.13. The molecule has 0 bridgehead atoms. The summed E-state index contributed by atoms with van der Waals surface area (Å²) >= 11 is 0. The van der Waals surface area contributed by atoms with E-state index in [0.29, 0.717) is 25.3 Å². The first-order valence-corrected chi connectivity index (χ1v) is 8.93. The van der Waals surface area contributed by atoms with E-state index in [1.54, 1.807) is 23.8 Å². The second-order valence-electron chi connectivity index (χ2n) is 6.70. The average Bonchev–Trinajstić information content (AvgIpc) is 2.63. The lowest BCUT2D eigenvalue weighted by Gasteiger charge is -2.33. The largest absolute Gasteiger partial charge is 0.466 e. The van der Waals surface area contributed by atoms with Crippen molar-refractivity contribution in [2.45, 2.75) is 32.7 Å². The Morgan fingerprint density at radius 2 is 2.08 bits per heavy atom. The van der Waals surface area contributed by atoms with Crippen LogP contribution < -0.4 is 0 Å². The molecule has 0 spiro atoms. The lowest BCUT2D eigenvalue weighted by Crippen LogP contribution is -2.46. The Kier molecular flexibility index (Phi) is 7.08. The first kappa shape index (κ1) is 20.3. The minimum Gasteiger partial charge on any atom is -0.466 e. The third-order valence-electron chi connectivity index (χ3n) is 4.87. The highest BCUT2D eigenvalue weighted by atomic mass is 19.2. The van der Waals surface area contributed by atoms with E-state index in [1.165, 1.54) is 6.07 Å². The number of likely N-dealkylation sites (N-methyl/N-ethyl adjacent to an activating group) is 1. The minimum absolute atomic E-state index is 0.0871. The van der Waals surface area contributed by atoms with Gasteiger partial charge < -0.3 is 9.64 Å². The molecule has 2 atom stereocenters. The van der Waals surface area contributed by atoms with Gasteiger partial charge in [0.2, 0.25) is 5.91 Å². The van der Waals surface area contributed by atoms with Gasteiger partial charge in [0.1, 0.15) is 0 Å². The molecule has 1 aromatic carbocycles. The summed E-state index contributed by atoms with van der Waals surface area (Å²) in [4.78, 5) is 28.0. The highest BCUT2D eigenvalue weighted by molar-refractivity contribution is 5.80. The number of piperidine rings is 1. The first-order valence-electron chi connectivity index (χ1n) is 8.93. The standard InChI is InChI=1S/C19H26F2N2O3/c1-4-26-19(25)15-6-5-9-23(11-15)18(24)12-22(3)13(2)14-7-8-16(20)17(21)10-14/h7-8,10,13,15H,4-6,9,11-12H2,1-3H3. The maximum Gasteiger partial charge on any atom is 0.310 e. The Labute approximate surface area is 152 Å². The van der Waals surface area contributed by atoms with Crippen LogP contribution in [0, 0.1) is 17.6 Å². The molecule has 144 valence electrons. The van der Waals surface area contributed by atoms with Crippen LogP contribution in [0.5, 0.6) is 0 Å². The summed E-state index contributed by atoms with van der Waals surface area (Å²) in [6.45, 7) is 5.04. The molecule has 1 fully saturated rings. The zero-order valence-corrected chi connectivity index (χ0v) is 15.5. The van der Waals surface area contributed by atoms with Crippen LogP contribution in [0.1, 0.15) is 38.3 Å². The Balaban J connectivity index is 1.95. The summed E-state index contributed by atoms with van der Waals surface area (Å²) in [5, 5.41) is 0. The van der Waals surface area contributed by atoms with Gasteiger partial charge in [-0.3, -0.25) is 14.5 Å². The Hall–Kier alpha value is -2.02. The van der Waals surface area contributed by atoms with Gasteiger partial charge in [-0.15, -0.1) is 0 Å². The number of carbonyl (C=O) groups excluding carboxylic acids is 2. The van der Waals surface area contributed by atoms with Gasteiger partial charge in [0.15, 0.2) is 11.6 Å². The highest BCUT2D eigenvalue weighted by Gasteiger charge is 2.30. The fourth-order valence-corrected chi connectivity index (χ4v) is 3.13. The predicted octanol–water partition coefficient (Wildman–Crippen LogP) is 2.76. The van der Waals surface area contributed by atoms with Crippen molar-refractivity contribution in [3.8, 4) is 0 Å². The molecule has 26 heavy (non-hydrogen) atoms. The van der Waals surface area contributed by atoms with Crippen molar-refractivity contribution < 1.29 is 23.1 Å². The van der Waals surface area contributed by atoms with E-state index in [0.717, 1.165) is 25.0 Å². The molecule has 1 amide bonds. The van der Waals surface area contributed by atoms with Crippen molar-refractivity contribution >= 4 is 11.9 Å². The number of benzene rings is 1. The molecule has 1 heterocycles. The molecule has 2 unspecified atom stereocenters. The van der Waals surface area contributed by atoms with Gasteiger partial charge in [0, 0.05) is 19.1 Å². The van der Waals surface area contributed by atoms with E-state index >= 15 is 0 Å². The average molecular weight is 368 g/mol. The molecule has 1 aromatic rings. The quantitative estimate of drug-likeness (QED) is 0.725. The summed E-state index contributed by atoms with van der Waals surface area (Å²) in [6, 6.07) is 3.51. The van der Waals surface area contributed by atoms with Gasteiger partial charge in [-0.05, 0) is 51.4 Å². The lowest BCUT2D eigenvalue weighted by atomic mass is 9.98. The van der Waals surface area contributed by atoms with Crippen LogP contribution in [0.2, 0.25) is 0 Å². The van der Waals surface area contributed by atoms with Crippen LogP contribution in [0.25, 0.3) is 0 Å². The number of halogens is 2. The molecular formula is C19H26F2N2O3. The summed E-state index contributed by atoms with van der Waals surface area (Å²) in [6.07, 6.45) is 1.49. The SMILES string of the molecule is CCOC(=O)C1CCCN(C(=O)CN(C)C(C)c2ccc(F)c(F)c2)C1. The monoisotopic (exact) mass is 368 g/mol. The number of hydrogen-bond donors (Lipinski definition) is 0. The predicted molar refractivity (Wildman–Crippen MR) is 93.3 cm³/mol. The number of nitrogens with zero attached hydrogens (tertiary/aromatic N) is 2. The summed E-state index contributed by atoms with van der Waals surface area (Å²) in [5.74, 6) is -2.41. The first-order chi connectivity index (χ1) is 12.3. The normalized spacial score (nSPS) is 18.7. The molecule has 0 saturated carbocycles. The van der Waals surface area contributed by atoms with Crippen molar-refractivity contribution in [1.82, 2.24) is 9.80 Å². The number of ether oxygens (including phenoxy) is 1. The zero-order chi connectivity index (χ0) is 19.3. The van der Waals surface area contributed by atoms with Crippen LogP contribution in [-0.4, -0.2) is 55.0 Å². The van der Waals surface area contributed by atoms with E-state index < -0.39 is 11.6 Å². The molecule has 0 radical (unpaired) electrons. The van der Waals surface area contributed by atoms with Crippen molar-refractivity contribution in [3.63, 3.8) is 0 Å². The van der Waals surface area contributed by atoms with E-state index in [1.807, 2.05) is 6.92 Å². The Morgan fingerprint density at radius 1 is 1.35 bits per heavy atom. The third kappa shape index (κ3) is 5.00. The van der Waals surface area contributed by atoms with Crippen molar-refractivity contribution in [2.24, 2.45) is 5.92 Å². The summed E-state index contributed by atoms with van der Waals surface area (Å²) in [5.41, 5.74) is 0.599. The van der Waals surface area contributed by atoms with Gasteiger partial charge in [-0.1, -0.05) is 6.07 Å². The minimum atomic E-state index is -0.901. The molecule has 0 aromatic heterocycles. The molecule has 5 nitrogen and oxygen atoms in total. The lowest BCUT2D eigenvalue weighted by molar-refractivity contribution is -0.151. The van der Waals surface area contributed by atoms with Crippen LogP contribution >= 0.6 is 0 Å². The molecule has 0 aliphatic carbocycles. The van der Waals surface area contributed by atoms with Crippen molar-refractivity contribution in [2.75, 3.05) is 33.3 Å². The number of rotatable bonds is 6. The Bertz CT molecular complexity index is 654. The van der Waals surface area contributed by atoms with E-state index in [2.05, 4.69) is 0 Å². The van der Waals surface area contributed by atoms with Crippen LogP contribution in [-0.2, 0) is 14.3 Å². The molecule has 1 aliphatic heterocycles. The second kappa shape index (κ2) is 9.07. The van der Waals surface area contributed by atoms with Crippen LogP contribution in [0.15, 0.2) is 18.2 Å². The maximum absolute atomic E-state index is 13.4. The number of likely N-dealkylation sites (tertiary alicyclic amines) is 1. The molecule has 1 aliphatic rings. The summed E-state index contributed by atoms with van der Waals surface area (Å²) < 4.78 is 31.6. The van der Waals surface area contributed by atoms with E-state index in [4.69, 9.17) is 4.74 Å². The second-order valence-corrected chi connectivity index (χ2v) is 6.70. The van der Waals surface area contributed by atoms with Crippen LogP contribution in [0.4, 0.5) is 8.78 Å². The van der Waals surface area contributed by atoms with Gasteiger partial charge in [0.05, 0.1) is 19.1 Å². The van der Waals surface area contributed by atoms with Crippen molar-refractivity contribution in [1.29, 1.82) is 0 Å². The number of esters is 1. The van der Waals surface area contributed by atoms with Gasteiger partial charge in [-0.2, -0.15) is 0 Å². The molecular weight excluding hydrogens is 342 g/mol. The highest BCUT2D eigenvalue weighted by Crippen LogP contribution is 2.22. The van der Waals surface area contributed by atoms with Crippen molar-refractivity contribution in [3.05, 3.63) is 35.4 Å². The topological polar surface area (TPSA) is 49.9 Å². The molecule has 1 saturated heterocycles. The smallest absolute Gasteiger partial charge is 0.310 e. The van der Waals surface area contributed by atoms with E-state index in [9.17, 15) is 18.4 Å². The molecule has 2 rings (SSSR count). The number of amides is 1. The molecule has 7 heteroatoms. The van der Waals surface area contributed by atoms with E-state index in [-0.39, 0.29) is 30.4 Å². The maximum atomic E-state index is 13.4. The Morgan fingerprint density at radius 3 is 2.73 bits per heavy atom. The van der Waals surface area contributed by atoms with Gasteiger partial charge in [0.25, 0.3) is 0 Å². The zero-order valence-electron chi connectivity index (χ0n) is 15.5. The van der Waals surface area contributed by atoms with Crippen LogP contribution in [0.3, 0.4) is 0 Å². The number of hydrogen-bond acceptors (Lipinski definition) is 4. The molecule has 0 N–H and O–H groups in total. The third-order valence-corrected chi connectivity index (χ3v) is 4.87. The number of carbonyl (C=O) groups is 2. The van der Waals surface area contributed by atoms with Gasteiger partial charge >= 0.3 is 5.97 Å². The van der Waals surface area contributed by atoms with Gasteiger partial charge in [-0.25, -0.2) is 8.78 Å². The summed E-state index contributed by atoms with van der Waals surface area (Å²) in [7, 11) is 1.76.